The Labute approximate surface area is 160 Å². The number of nitrogens with zero attached hydrogens (tertiary/aromatic N) is 2. The summed E-state index contributed by atoms with van der Waals surface area (Å²) in [4.78, 5) is 40.5. The second kappa shape index (κ2) is 8.08. The Bertz CT molecular complexity index is 726. The number of benzene rings is 1. The Morgan fingerprint density at radius 2 is 1.81 bits per heavy atom. The number of imide groups is 1. The molecule has 1 aromatic carbocycles. The zero-order chi connectivity index (χ0) is 19.4. The topological polar surface area (TPSA) is 81.8 Å². The van der Waals surface area contributed by atoms with E-state index in [4.69, 9.17) is 0 Å². The molecule has 1 saturated carbocycles. The third kappa shape index (κ3) is 4.30. The number of amides is 4. The molecule has 146 valence electrons. The summed E-state index contributed by atoms with van der Waals surface area (Å²) in [5, 5.41) is 5.67. The number of hydrogen-bond donors (Lipinski definition) is 2. The van der Waals surface area contributed by atoms with E-state index in [1.807, 2.05) is 38.4 Å². The molecule has 7 heteroatoms. The van der Waals surface area contributed by atoms with Crippen LogP contribution in [0.5, 0.6) is 0 Å². The fraction of sp³-hybridized carbons (Fsp3) is 0.550. The van der Waals surface area contributed by atoms with Gasteiger partial charge in [0.15, 0.2) is 0 Å². The summed E-state index contributed by atoms with van der Waals surface area (Å²) >= 11 is 0. The normalized spacial score (nSPS) is 18.9. The minimum Gasteiger partial charge on any atom is -0.350 e. The van der Waals surface area contributed by atoms with Crippen molar-refractivity contribution < 1.29 is 14.4 Å². The molecule has 2 aliphatic rings. The lowest BCUT2D eigenvalue weighted by molar-refractivity contribution is -0.135. The highest BCUT2D eigenvalue weighted by Gasteiger charge is 2.51. The number of carbonyl (C=O) groups is 3. The number of rotatable bonds is 6. The highest BCUT2D eigenvalue weighted by Crippen LogP contribution is 2.33. The van der Waals surface area contributed by atoms with Gasteiger partial charge in [-0.2, -0.15) is 0 Å². The fourth-order valence-electron chi connectivity index (χ4n) is 3.93. The van der Waals surface area contributed by atoms with Crippen molar-refractivity contribution in [1.82, 2.24) is 20.4 Å². The molecule has 2 N–H and O–H groups in total. The Balaban J connectivity index is 1.58. The van der Waals surface area contributed by atoms with Crippen LogP contribution in [0.4, 0.5) is 4.79 Å². The second-order valence-electron chi connectivity index (χ2n) is 7.75. The predicted octanol–water partition coefficient (Wildman–Crippen LogP) is 1.62. The van der Waals surface area contributed by atoms with Gasteiger partial charge in [-0.3, -0.25) is 14.5 Å². The van der Waals surface area contributed by atoms with Crippen LogP contribution in [0.15, 0.2) is 24.3 Å². The molecule has 0 unspecified atom stereocenters. The monoisotopic (exact) mass is 372 g/mol. The summed E-state index contributed by atoms with van der Waals surface area (Å²) in [6, 6.07) is 7.46. The molecule has 1 aliphatic carbocycles. The molecule has 7 nitrogen and oxygen atoms in total. The quantitative estimate of drug-likeness (QED) is 0.744. The molecule has 3 rings (SSSR count). The SMILES string of the molecule is CN(C)Cc1ccccc1CNC(=O)CN1C(=O)NC2(CCCCC2)C1=O. The van der Waals surface area contributed by atoms with Gasteiger partial charge in [0, 0.05) is 13.1 Å². The lowest BCUT2D eigenvalue weighted by Crippen LogP contribution is -2.49. The minimum atomic E-state index is -0.784. The maximum Gasteiger partial charge on any atom is 0.325 e. The summed E-state index contributed by atoms with van der Waals surface area (Å²) in [6.45, 7) is 0.918. The molecule has 0 aromatic heterocycles. The molecule has 1 aliphatic heterocycles. The van der Waals surface area contributed by atoms with Crippen LogP contribution in [0.3, 0.4) is 0 Å². The Morgan fingerprint density at radius 1 is 1.15 bits per heavy atom. The lowest BCUT2D eigenvalue weighted by atomic mass is 9.82. The third-order valence-corrected chi connectivity index (χ3v) is 5.34. The molecule has 1 saturated heterocycles. The van der Waals surface area contributed by atoms with E-state index in [0.29, 0.717) is 19.4 Å². The van der Waals surface area contributed by atoms with Gasteiger partial charge >= 0.3 is 6.03 Å². The van der Waals surface area contributed by atoms with Crippen molar-refractivity contribution in [3.63, 3.8) is 0 Å². The van der Waals surface area contributed by atoms with Gasteiger partial charge in [-0.15, -0.1) is 0 Å². The van der Waals surface area contributed by atoms with Gasteiger partial charge in [0.25, 0.3) is 5.91 Å². The molecule has 0 bridgehead atoms. The van der Waals surface area contributed by atoms with E-state index in [-0.39, 0.29) is 18.4 Å². The molecule has 2 fully saturated rings. The van der Waals surface area contributed by atoms with Crippen LogP contribution in [0.2, 0.25) is 0 Å². The van der Waals surface area contributed by atoms with Gasteiger partial charge in [-0.05, 0) is 38.1 Å². The van der Waals surface area contributed by atoms with Crippen LogP contribution in [-0.4, -0.2) is 53.8 Å². The van der Waals surface area contributed by atoms with Gasteiger partial charge < -0.3 is 15.5 Å². The van der Waals surface area contributed by atoms with Crippen LogP contribution >= 0.6 is 0 Å². The number of urea groups is 1. The van der Waals surface area contributed by atoms with Crippen molar-refractivity contribution in [2.24, 2.45) is 0 Å². The average molecular weight is 372 g/mol. The molecular weight excluding hydrogens is 344 g/mol. The number of carbonyl (C=O) groups excluding carboxylic acids is 3. The number of nitrogens with one attached hydrogen (secondary N) is 2. The zero-order valence-corrected chi connectivity index (χ0v) is 16.1. The highest BCUT2D eigenvalue weighted by atomic mass is 16.2. The molecule has 27 heavy (non-hydrogen) atoms. The van der Waals surface area contributed by atoms with Gasteiger partial charge in [0.2, 0.25) is 5.91 Å². The van der Waals surface area contributed by atoms with E-state index in [9.17, 15) is 14.4 Å². The smallest absolute Gasteiger partial charge is 0.325 e. The van der Waals surface area contributed by atoms with E-state index >= 15 is 0 Å². The first kappa shape index (κ1) is 19.4. The van der Waals surface area contributed by atoms with Crippen molar-refractivity contribution in [2.75, 3.05) is 20.6 Å². The largest absolute Gasteiger partial charge is 0.350 e. The minimum absolute atomic E-state index is 0.234. The zero-order valence-electron chi connectivity index (χ0n) is 16.1. The first-order chi connectivity index (χ1) is 12.9. The Kier molecular flexibility index (Phi) is 5.79. The van der Waals surface area contributed by atoms with E-state index in [2.05, 4.69) is 15.5 Å². The van der Waals surface area contributed by atoms with Crippen LogP contribution < -0.4 is 10.6 Å². The standard InChI is InChI=1S/C20H28N4O3/c1-23(2)13-16-9-5-4-8-15(16)12-21-17(25)14-24-18(26)20(22-19(24)27)10-6-3-7-11-20/h4-5,8-9H,3,6-7,10-14H2,1-2H3,(H,21,25)(H,22,27). The lowest BCUT2D eigenvalue weighted by Gasteiger charge is -2.30. The van der Waals surface area contributed by atoms with Gasteiger partial charge in [0.05, 0.1) is 0 Å². The van der Waals surface area contributed by atoms with E-state index < -0.39 is 11.6 Å². The second-order valence-corrected chi connectivity index (χ2v) is 7.75. The summed E-state index contributed by atoms with van der Waals surface area (Å²) in [6.07, 6.45) is 4.25. The van der Waals surface area contributed by atoms with Gasteiger partial charge in [0.1, 0.15) is 12.1 Å². The molecule has 4 amide bonds. The van der Waals surface area contributed by atoms with Crippen molar-refractivity contribution in [3.05, 3.63) is 35.4 Å². The van der Waals surface area contributed by atoms with E-state index in [1.54, 1.807) is 0 Å². The van der Waals surface area contributed by atoms with Crippen molar-refractivity contribution in [3.8, 4) is 0 Å². The van der Waals surface area contributed by atoms with Gasteiger partial charge in [-0.1, -0.05) is 43.5 Å². The average Bonchev–Trinajstić information content (AvgIpc) is 2.85. The summed E-state index contributed by atoms with van der Waals surface area (Å²) in [5.41, 5.74) is 1.38. The van der Waals surface area contributed by atoms with Gasteiger partial charge in [-0.25, -0.2) is 4.79 Å². The number of hydrogen-bond acceptors (Lipinski definition) is 4. The molecular formula is C20H28N4O3. The maximum atomic E-state index is 12.7. The predicted molar refractivity (Wildman–Crippen MR) is 102 cm³/mol. The van der Waals surface area contributed by atoms with Crippen molar-refractivity contribution in [2.45, 2.75) is 50.7 Å². The fourth-order valence-corrected chi connectivity index (χ4v) is 3.93. The molecule has 1 heterocycles. The van der Waals surface area contributed by atoms with Crippen molar-refractivity contribution in [1.29, 1.82) is 0 Å². The summed E-state index contributed by atoms with van der Waals surface area (Å²) < 4.78 is 0. The Morgan fingerprint density at radius 3 is 2.48 bits per heavy atom. The van der Waals surface area contributed by atoms with Crippen molar-refractivity contribution >= 4 is 17.8 Å². The molecule has 1 spiro atoms. The van der Waals surface area contributed by atoms with Crippen LogP contribution in [0.1, 0.15) is 43.2 Å². The van der Waals surface area contributed by atoms with Crippen LogP contribution in [0, 0.1) is 0 Å². The first-order valence-corrected chi connectivity index (χ1v) is 9.54. The summed E-state index contributed by atoms with van der Waals surface area (Å²) in [5.74, 6) is -0.582. The third-order valence-electron chi connectivity index (χ3n) is 5.34. The molecule has 0 radical (unpaired) electrons. The summed E-state index contributed by atoms with van der Waals surface area (Å²) in [7, 11) is 3.99. The first-order valence-electron chi connectivity index (χ1n) is 9.54. The van der Waals surface area contributed by atoms with E-state index in [0.717, 1.165) is 41.8 Å². The maximum absolute atomic E-state index is 12.7. The van der Waals surface area contributed by atoms with Crippen LogP contribution in [-0.2, 0) is 22.7 Å². The molecule has 0 atom stereocenters. The Hall–Kier alpha value is -2.41. The van der Waals surface area contributed by atoms with E-state index in [1.165, 1.54) is 0 Å². The van der Waals surface area contributed by atoms with Crippen LogP contribution in [0.25, 0.3) is 0 Å². The molecule has 1 aromatic rings. The highest BCUT2D eigenvalue weighted by molar-refractivity contribution is 6.09.